The monoisotopic (exact) mass is 319 g/mol. The van der Waals surface area contributed by atoms with Gasteiger partial charge in [-0.15, -0.1) is 0 Å². The van der Waals surface area contributed by atoms with Crippen molar-refractivity contribution in [3.63, 3.8) is 0 Å². The first-order chi connectivity index (χ1) is 11.1. The van der Waals surface area contributed by atoms with Gasteiger partial charge in [-0.3, -0.25) is 0 Å². The van der Waals surface area contributed by atoms with Gasteiger partial charge in [0.05, 0.1) is 12.8 Å². The topological polar surface area (TPSA) is 125 Å². The molecule has 0 radical (unpaired) electrons. The molecule has 0 saturated carbocycles. The minimum Gasteiger partial charge on any atom is -0.490 e. The number of carbonyl (C=O) groups excluding carboxylic acids is 1. The van der Waals surface area contributed by atoms with Crippen LogP contribution in [0.1, 0.15) is 23.9 Å². The zero-order valence-corrected chi connectivity index (χ0v) is 12.8. The van der Waals surface area contributed by atoms with Crippen LogP contribution in [0.15, 0.2) is 27.9 Å². The summed E-state index contributed by atoms with van der Waals surface area (Å²) in [5.41, 5.74) is 9.05. The third-order valence-electron chi connectivity index (χ3n) is 2.77. The molecule has 0 spiro atoms. The van der Waals surface area contributed by atoms with Crippen LogP contribution in [-0.2, 0) is 6.61 Å². The summed E-state index contributed by atoms with van der Waals surface area (Å²) in [6.07, 6.45) is 1.45. The van der Waals surface area contributed by atoms with Crippen molar-refractivity contribution in [1.82, 2.24) is 15.7 Å². The first-order valence-corrected chi connectivity index (χ1v) is 6.86. The highest BCUT2D eigenvalue weighted by atomic mass is 16.6. The zero-order valence-electron chi connectivity index (χ0n) is 12.8. The molecule has 1 aromatic heterocycles. The Kier molecular flexibility index (Phi) is 5.50. The van der Waals surface area contributed by atoms with E-state index in [1.807, 2.05) is 6.92 Å². The summed E-state index contributed by atoms with van der Waals surface area (Å²) in [6.45, 7) is 4.34. The van der Waals surface area contributed by atoms with E-state index in [9.17, 15) is 4.79 Å². The first kappa shape index (κ1) is 16.3. The maximum absolute atomic E-state index is 10.6. The fraction of sp³-hybridized carbons (Fsp3) is 0.286. The van der Waals surface area contributed by atoms with E-state index < -0.39 is 6.03 Å². The molecule has 1 aromatic carbocycles. The SMILES string of the molecule is CCOc1cc(/C=N/NC(N)=O)ccc1OCc1nonc1C. The number of aromatic nitrogens is 2. The molecule has 0 unspecified atom stereocenters. The van der Waals surface area contributed by atoms with Crippen LogP contribution < -0.4 is 20.6 Å². The van der Waals surface area contributed by atoms with Crippen LogP contribution in [0.25, 0.3) is 0 Å². The molecular weight excluding hydrogens is 302 g/mol. The van der Waals surface area contributed by atoms with Crippen LogP contribution in [0, 0.1) is 6.92 Å². The number of aryl methyl sites for hydroxylation is 1. The molecule has 0 fully saturated rings. The van der Waals surface area contributed by atoms with Crippen molar-refractivity contribution in [2.24, 2.45) is 10.8 Å². The van der Waals surface area contributed by atoms with Gasteiger partial charge in [-0.1, -0.05) is 10.3 Å². The van der Waals surface area contributed by atoms with E-state index in [0.717, 1.165) is 0 Å². The summed E-state index contributed by atoms with van der Waals surface area (Å²) in [7, 11) is 0. The van der Waals surface area contributed by atoms with Crippen LogP contribution in [0.3, 0.4) is 0 Å². The summed E-state index contributed by atoms with van der Waals surface area (Å²) < 4.78 is 15.9. The van der Waals surface area contributed by atoms with E-state index in [1.54, 1.807) is 25.1 Å². The first-order valence-electron chi connectivity index (χ1n) is 6.86. The van der Waals surface area contributed by atoms with Gasteiger partial charge in [0.15, 0.2) is 11.5 Å². The van der Waals surface area contributed by atoms with Gasteiger partial charge in [-0.2, -0.15) is 5.10 Å². The summed E-state index contributed by atoms with van der Waals surface area (Å²) in [5, 5.41) is 11.1. The lowest BCUT2D eigenvalue weighted by molar-refractivity contribution is 0.249. The molecule has 2 amide bonds. The van der Waals surface area contributed by atoms with Crippen LogP contribution >= 0.6 is 0 Å². The fourth-order valence-electron chi connectivity index (χ4n) is 1.69. The number of carbonyl (C=O) groups is 1. The normalized spacial score (nSPS) is 10.7. The van der Waals surface area contributed by atoms with E-state index in [4.69, 9.17) is 15.2 Å². The number of hydrogen-bond donors (Lipinski definition) is 2. The summed E-state index contributed by atoms with van der Waals surface area (Å²) >= 11 is 0. The Balaban J connectivity index is 2.10. The zero-order chi connectivity index (χ0) is 16.7. The molecule has 9 heteroatoms. The largest absolute Gasteiger partial charge is 0.490 e. The number of hydrazone groups is 1. The maximum atomic E-state index is 10.6. The number of hydrogen-bond acceptors (Lipinski definition) is 7. The summed E-state index contributed by atoms with van der Waals surface area (Å²) in [5.74, 6) is 1.10. The average Bonchev–Trinajstić information content (AvgIpc) is 2.92. The number of nitrogens with two attached hydrogens (primary N) is 1. The molecule has 0 saturated heterocycles. The number of nitrogens with zero attached hydrogens (tertiary/aromatic N) is 3. The van der Waals surface area contributed by atoms with Crippen LogP contribution in [0.4, 0.5) is 4.79 Å². The predicted octanol–water partition coefficient (Wildman–Crippen LogP) is 1.36. The molecule has 2 aromatic rings. The Labute approximate surface area is 132 Å². The third-order valence-corrected chi connectivity index (χ3v) is 2.77. The van der Waals surface area contributed by atoms with Gasteiger partial charge in [0.1, 0.15) is 18.0 Å². The Morgan fingerprint density at radius 1 is 1.39 bits per heavy atom. The van der Waals surface area contributed by atoms with Crippen molar-refractivity contribution in [2.45, 2.75) is 20.5 Å². The quantitative estimate of drug-likeness (QED) is 0.586. The van der Waals surface area contributed by atoms with E-state index in [0.29, 0.717) is 35.1 Å². The second kappa shape index (κ2) is 7.78. The van der Waals surface area contributed by atoms with Crippen molar-refractivity contribution < 1.29 is 18.9 Å². The van der Waals surface area contributed by atoms with Gasteiger partial charge in [-0.25, -0.2) is 14.8 Å². The molecule has 3 N–H and O–H groups in total. The lowest BCUT2D eigenvalue weighted by Crippen LogP contribution is -2.24. The van der Waals surface area contributed by atoms with Gasteiger partial charge in [-0.05, 0) is 37.6 Å². The van der Waals surface area contributed by atoms with Crippen LogP contribution in [0.2, 0.25) is 0 Å². The van der Waals surface area contributed by atoms with E-state index in [2.05, 4.69) is 25.5 Å². The Morgan fingerprint density at radius 3 is 2.87 bits per heavy atom. The molecule has 9 nitrogen and oxygen atoms in total. The highest BCUT2D eigenvalue weighted by Gasteiger charge is 2.10. The molecular formula is C14H17N5O4. The predicted molar refractivity (Wildman–Crippen MR) is 81.3 cm³/mol. The second-order valence-corrected chi connectivity index (χ2v) is 4.46. The molecule has 1 heterocycles. The van der Waals surface area contributed by atoms with E-state index >= 15 is 0 Å². The number of nitrogens with one attached hydrogen (secondary N) is 1. The van der Waals surface area contributed by atoms with Crippen molar-refractivity contribution >= 4 is 12.2 Å². The third kappa shape index (κ3) is 4.70. The lowest BCUT2D eigenvalue weighted by atomic mass is 10.2. The molecule has 2 rings (SSSR count). The number of primary amides is 1. The van der Waals surface area contributed by atoms with Crippen molar-refractivity contribution in [1.29, 1.82) is 0 Å². The molecule has 122 valence electrons. The Hall–Kier alpha value is -3.10. The standard InChI is InChI=1S/C14H17N5O4/c1-3-21-13-6-10(7-16-17-14(15)20)4-5-12(13)22-8-11-9(2)18-23-19-11/h4-7H,3,8H2,1-2H3,(H3,15,17,20)/b16-7+. The van der Waals surface area contributed by atoms with Crippen molar-refractivity contribution in [3.8, 4) is 11.5 Å². The molecule has 23 heavy (non-hydrogen) atoms. The van der Waals surface area contributed by atoms with Gasteiger partial charge < -0.3 is 15.2 Å². The second-order valence-electron chi connectivity index (χ2n) is 4.46. The van der Waals surface area contributed by atoms with Crippen LogP contribution in [-0.4, -0.2) is 29.2 Å². The van der Waals surface area contributed by atoms with Gasteiger partial charge >= 0.3 is 6.03 Å². The Bertz CT molecular complexity index is 698. The average molecular weight is 319 g/mol. The van der Waals surface area contributed by atoms with Crippen molar-refractivity contribution in [2.75, 3.05) is 6.61 Å². The molecule has 0 bridgehead atoms. The number of ether oxygens (including phenoxy) is 2. The summed E-state index contributed by atoms with van der Waals surface area (Å²) in [4.78, 5) is 10.6. The van der Waals surface area contributed by atoms with E-state index in [1.165, 1.54) is 6.21 Å². The number of benzene rings is 1. The molecule has 0 aliphatic rings. The minimum atomic E-state index is -0.733. The molecule has 0 aliphatic heterocycles. The lowest BCUT2D eigenvalue weighted by Gasteiger charge is -2.11. The maximum Gasteiger partial charge on any atom is 0.332 e. The minimum absolute atomic E-state index is 0.214. The molecule has 0 atom stereocenters. The van der Waals surface area contributed by atoms with Gasteiger partial charge in [0.2, 0.25) is 0 Å². The number of urea groups is 1. The van der Waals surface area contributed by atoms with Crippen molar-refractivity contribution in [3.05, 3.63) is 35.2 Å². The van der Waals surface area contributed by atoms with Gasteiger partial charge in [0, 0.05) is 0 Å². The highest BCUT2D eigenvalue weighted by Crippen LogP contribution is 2.28. The molecule has 0 aliphatic carbocycles. The van der Waals surface area contributed by atoms with Gasteiger partial charge in [0.25, 0.3) is 0 Å². The smallest absolute Gasteiger partial charge is 0.332 e. The van der Waals surface area contributed by atoms with Crippen LogP contribution in [0.5, 0.6) is 11.5 Å². The Morgan fingerprint density at radius 2 is 2.22 bits per heavy atom. The highest BCUT2D eigenvalue weighted by molar-refractivity contribution is 5.82. The van der Waals surface area contributed by atoms with E-state index in [-0.39, 0.29) is 6.61 Å². The number of amides is 2. The fourth-order valence-corrected chi connectivity index (χ4v) is 1.69. The summed E-state index contributed by atoms with van der Waals surface area (Å²) in [6, 6.07) is 4.50. The number of rotatable bonds is 7.